The number of halogens is 3. The standard InChI is InChI=1S/C18H18F3NO4S/c1-2-12-27(23,24)26-22-17(18(19,20)21)15-8-10-16(11-9-15)25-13-14-6-4-3-5-7-14/h3-11H,2,12-13H2,1H3. The lowest BCUT2D eigenvalue weighted by Crippen LogP contribution is -2.25. The Hall–Kier alpha value is -2.55. The second-order valence-corrected chi connectivity index (χ2v) is 7.25. The maximum atomic E-state index is 13.2. The average Bonchev–Trinajstić information content (AvgIpc) is 2.61. The van der Waals surface area contributed by atoms with Crippen LogP contribution in [0.3, 0.4) is 0 Å². The molecule has 0 bridgehead atoms. The lowest BCUT2D eigenvalue weighted by molar-refractivity contribution is -0.0597. The molecule has 0 saturated heterocycles. The summed E-state index contributed by atoms with van der Waals surface area (Å²) in [5.41, 5.74) is -0.855. The van der Waals surface area contributed by atoms with Crippen LogP contribution in [0.4, 0.5) is 13.2 Å². The third kappa shape index (κ3) is 6.59. The van der Waals surface area contributed by atoms with E-state index in [0.717, 1.165) is 17.7 Å². The zero-order valence-electron chi connectivity index (χ0n) is 14.4. The normalized spacial score (nSPS) is 12.7. The largest absolute Gasteiger partial charge is 0.489 e. The third-order valence-electron chi connectivity index (χ3n) is 3.34. The van der Waals surface area contributed by atoms with Gasteiger partial charge in [-0.05, 0) is 36.2 Å². The molecule has 0 aromatic heterocycles. The van der Waals surface area contributed by atoms with Crippen molar-refractivity contribution in [2.75, 3.05) is 5.75 Å². The van der Waals surface area contributed by atoms with Crippen molar-refractivity contribution in [1.29, 1.82) is 0 Å². The van der Waals surface area contributed by atoms with E-state index in [1.54, 1.807) is 6.92 Å². The van der Waals surface area contributed by atoms with Gasteiger partial charge in [-0.3, -0.25) is 4.28 Å². The van der Waals surface area contributed by atoms with Gasteiger partial charge in [0.2, 0.25) is 0 Å². The molecule has 0 aliphatic heterocycles. The monoisotopic (exact) mass is 401 g/mol. The first-order valence-electron chi connectivity index (χ1n) is 8.05. The Kier molecular flexibility index (Phi) is 6.84. The van der Waals surface area contributed by atoms with E-state index in [-0.39, 0.29) is 18.6 Å². The van der Waals surface area contributed by atoms with Gasteiger partial charge < -0.3 is 4.74 Å². The van der Waals surface area contributed by atoms with Gasteiger partial charge in [0.05, 0.1) is 5.75 Å². The fourth-order valence-electron chi connectivity index (χ4n) is 2.10. The predicted molar refractivity (Wildman–Crippen MR) is 95.0 cm³/mol. The van der Waals surface area contributed by atoms with Crippen LogP contribution in [0, 0.1) is 0 Å². The molecule has 2 aromatic rings. The second kappa shape index (κ2) is 8.90. The second-order valence-electron chi connectivity index (χ2n) is 5.57. The van der Waals surface area contributed by atoms with Crippen LogP contribution in [0.2, 0.25) is 0 Å². The van der Waals surface area contributed by atoms with E-state index in [2.05, 4.69) is 9.44 Å². The Labute approximate surface area is 155 Å². The topological polar surface area (TPSA) is 65.0 Å². The predicted octanol–water partition coefficient (Wildman–Crippen LogP) is 4.29. The van der Waals surface area contributed by atoms with Gasteiger partial charge in [0.1, 0.15) is 12.4 Å². The quantitative estimate of drug-likeness (QED) is 0.489. The molecule has 0 aliphatic rings. The minimum atomic E-state index is -4.88. The van der Waals surface area contributed by atoms with Crippen LogP contribution >= 0.6 is 0 Å². The number of nitrogens with zero attached hydrogens (tertiary/aromatic N) is 1. The summed E-state index contributed by atoms with van der Waals surface area (Å²) < 4.78 is 72.2. The molecule has 0 spiro atoms. The molecule has 0 atom stereocenters. The third-order valence-corrected chi connectivity index (χ3v) is 4.55. The minimum Gasteiger partial charge on any atom is -0.489 e. The fourth-order valence-corrected chi connectivity index (χ4v) is 2.86. The first kappa shape index (κ1) is 20.8. The number of benzene rings is 2. The SMILES string of the molecule is CCCS(=O)(=O)ON=C(c1ccc(OCc2ccccc2)cc1)C(F)(F)F. The molecular weight excluding hydrogens is 383 g/mol. The van der Waals surface area contributed by atoms with Crippen molar-refractivity contribution in [3.05, 3.63) is 65.7 Å². The highest BCUT2D eigenvalue weighted by Gasteiger charge is 2.38. The maximum absolute atomic E-state index is 13.2. The molecule has 0 heterocycles. The number of ether oxygens (including phenoxy) is 1. The van der Waals surface area contributed by atoms with E-state index in [1.807, 2.05) is 30.3 Å². The van der Waals surface area contributed by atoms with E-state index < -0.39 is 27.8 Å². The van der Waals surface area contributed by atoms with Crippen LogP contribution in [-0.2, 0) is 21.0 Å². The summed E-state index contributed by atoms with van der Waals surface area (Å²) in [5.74, 6) is -0.0582. The smallest absolute Gasteiger partial charge is 0.437 e. The summed E-state index contributed by atoms with van der Waals surface area (Å²) in [5, 5.41) is 2.84. The summed E-state index contributed by atoms with van der Waals surface area (Å²) in [7, 11) is -4.15. The molecule has 0 radical (unpaired) electrons. The maximum Gasteiger partial charge on any atom is 0.437 e. The van der Waals surface area contributed by atoms with E-state index in [0.29, 0.717) is 5.75 Å². The van der Waals surface area contributed by atoms with Crippen molar-refractivity contribution < 1.29 is 30.6 Å². The summed E-state index contributed by atoms with van der Waals surface area (Å²) >= 11 is 0. The van der Waals surface area contributed by atoms with Gasteiger partial charge in [0.25, 0.3) is 0 Å². The molecule has 0 N–H and O–H groups in total. The summed E-state index contributed by atoms with van der Waals surface area (Å²) in [6.07, 6.45) is -4.68. The first-order chi connectivity index (χ1) is 12.7. The summed E-state index contributed by atoms with van der Waals surface area (Å²) in [6.45, 7) is 1.82. The Morgan fingerprint density at radius 2 is 1.67 bits per heavy atom. The summed E-state index contributed by atoms with van der Waals surface area (Å²) in [4.78, 5) is 0. The number of rotatable bonds is 8. The van der Waals surface area contributed by atoms with Crippen LogP contribution in [0.5, 0.6) is 5.75 Å². The average molecular weight is 401 g/mol. The van der Waals surface area contributed by atoms with E-state index >= 15 is 0 Å². The molecule has 2 aromatic carbocycles. The molecule has 0 amide bonds. The number of hydrogen-bond acceptors (Lipinski definition) is 5. The molecule has 5 nitrogen and oxygen atoms in total. The van der Waals surface area contributed by atoms with Crippen molar-refractivity contribution in [2.45, 2.75) is 26.1 Å². The molecule has 0 fully saturated rings. The van der Waals surface area contributed by atoms with Gasteiger partial charge in [-0.1, -0.05) is 42.4 Å². The van der Waals surface area contributed by atoms with Crippen molar-refractivity contribution >= 4 is 15.8 Å². The van der Waals surface area contributed by atoms with Gasteiger partial charge in [0.15, 0.2) is 5.71 Å². The van der Waals surface area contributed by atoms with Gasteiger partial charge in [-0.2, -0.15) is 21.6 Å². The van der Waals surface area contributed by atoms with Crippen molar-refractivity contribution in [3.63, 3.8) is 0 Å². The van der Waals surface area contributed by atoms with Crippen LogP contribution < -0.4 is 4.74 Å². The molecule has 0 aliphatic carbocycles. The summed E-state index contributed by atoms with van der Waals surface area (Å²) in [6, 6.07) is 14.2. The van der Waals surface area contributed by atoms with Gasteiger partial charge >= 0.3 is 16.3 Å². The number of alkyl halides is 3. The van der Waals surface area contributed by atoms with Crippen molar-refractivity contribution in [3.8, 4) is 5.75 Å². The lowest BCUT2D eigenvalue weighted by atomic mass is 10.1. The highest BCUT2D eigenvalue weighted by Crippen LogP contribution is 2.25. The lowest BCUT2D eigenvalue weighted by Gasteiger charge is -2.11. The number of oxime groups is 1. The zero-order valence-corrected chi connectivity index (χ0v) is 15.3. The molecule has 27 heavy (non-hydrogen) atoms. The molecule has 0 saturated carbocycles. The fraction of sp³-hybridized carbons (Fsp3) is 0.278. The molecular formula is C18H18F3NO4S. The zero-order chi connectivity index (χ0) is 19.9. The van der Waals surface area contributed by atoms with Gasteiger partial charge in [0, 0.05) is 5.56 Å². The minimum absolute atomic E-state index is 0.201. The molecule has 0 unspecified atom stereocenters. The van der Waals surface area contributed by atoms with Crippen LogP contribution in [0.1, 0.15) is 24.5 Å². The van der Waals surface area contributed by atoms with Gasteiger partial charge in [-0.15, -0.1) is 0 Å². The Bertz CT molecular complexity index is 864. The Balaban J connectivity index is 2.14. The van der Waals surface area contributed by atoms with E-state index in [9.17, 15) is 21.6 Å². The van der Waals surface area contributed by atoms with Crippen LogP contribution in [-0.4, -0.2) is 26.1 Å². The first-order valence-corrected chi connectivity index (χ1v) is 9.62. The van der Waals surface area contributed by atoms with E-state index in [1.165, 1.54) is 12.1 Å². The molecule has 146 valence electrons. The van der Waals surface area contributed by atoms with Crippen molar-refractivity contribution in [2.24, 2.45) is 5.16 Å². The van der Waals surface area contributed by atoms with Crippen LogP contribution in [0.15, 0.2) is 59.8 Å². The Morgan fingerprint density at radius 1 is 1.04 bits per heavy atom. The van der Waals surface area contributed by atoms with Crippen LogP contribution in [0.25, 0.3) is 0 Å². The van der Waals surface area contributed by atoms with E-state index in [4.69, 9.17) is 4.74 Å². The molecule has 2 rings (SSSR count). The number of hydrogen-bond donors (Lipinski definition) is 0. The highest BCUT2D eigenvalue weighted by atomic mass is 32.2. The van der Waals surface area contributed by atoms with Crippen molar-refractivity contribution in [1.82, 2.24) is 0 Å². The Morgan fingerprint density at radius 3 is 2.22 bits per heavy atom. The highest BCUT2D eigenvalue weighted by molar-refractivity contribution is 7.86. The van der Waals surface area contributed by atoms with Gasteiger partial charge in [-0.25, -0.2) is 0 Å². The molecule has 9 heteroatoms.